The van der Waals surface area contributed by atoms with E-state index in [4.69, 9.17) is 5.73 Å². The Morgan fingerprint density at radius 3 is 1.65 bits per heavy atom. The predicted octanol–water partition coefficient (Wildman–Crippen LogP) is -1.19. The van der Waals surface area contributed by atoms with Crippen LogP contribution in [0.15, 0.2) is 30.3 Å². The third-order valence-electron chi connectivity index (χ3n) is 7.67. The smallest absolute Gasteiger partial charge is 0.243 e. The highest BCUT2D eigenvalue weighted by Gasteiger charge is 2.30. The fourth-order valence-corrected chi connectivity index (χ4v) is 4.78. The summed E-state index contributed by atoms with van der Waals surface area (Å²) in [5, 5.41) is 17.8. The van der Waals surface area contributed by atoms with Crippen molar-refractivity contribution in [3.8, 4) is 0 Å². The van der Waals surface area contributed by atoms with Crippen LogP contribution in [-0.2, 0) is 44.8 Å². The fourth-order valence-electron chi connectivity index (χ4n) is 4.78. The average molecular weight is 717 g/mol. The van der Waals surface area contributed by atoms with Crippen molar-refractivity contribution in [2.45, 2.75) is 104 Å². The van der Waals surface area contributed by atoms with Gasteiger partial charge < -0.3 is 47.7 Å². The van der Waals surface area contributed by atoms with E-state index in [1.807, 2.05) is 44.2 Å². The van der Waals surface area contributed by atoms with Crippen molar-refractivity contribution in [1.82, 2.24) is 37.2 Å². The summed E-state index contributed by atoms with van der Waals surface area (Å²) in [5.41, 5.74) is 6.42. The van der Waals surface area contributed by atoms with Crippen LogP contribution >= 0.6 is 0 Å². The van der Waals surface area contributed by atoms with Gasteiger partial charge in [-0.1, -0.05) is 71.9 Å². The van der Waals surface area contributed by atoms with Gasteiger partial charge in [0.05, 0.1) is 25.2 Å². The minimum atomic E-state index is -1.09. The number of hydrogen-bond acceptors (Lipinski definition) is 9. The summed E-state index contributed by atoms with van der Waals surface area (Å²) in [4.78, 5) is 101. The van der Waals surface area contributed by atoms with Crippen LogP contribution in [-0.4, -0.2) is 97.0 Å². The van der Waals surface area contributed by atoms with E-state index in [-0.39, 0.29) is 30.6 Å². The number of carbonyl (C=O) groups is 8. The maximum absolute atomic E-state index is 13.0. The van der Waals surface area contributed by atoms with Crippen LogP contribution in [0.5, 0.6) is 0 Å². The topological polar surface area (TPSA) is 247 Å². The maximum atomic E-state index is 13.0. The van der Waals surface area contributed by atoms with Crippen molar-refractivity contribution < 1.29 is 38.4 Å². The molecule has 0 fully saturated rings. The van der Waals surface area contributed by atoms with Crippen molar-refractivity contribution in [3.05, 3.63) is 35.9 Å². The predicted molar refractivity (Wildman–Crippen MR) is 190 cm³/mol. The Morgan fingerprint density at radius 1 is 0.627 bits per heavy atom. The molecule has 0 aliphatic carbocycles. The zero-order valence-corrected chi connectivity index (χ0v) is 30.8. The molecule has 0 aliphatic rings. The Kier molecular flexibility index (Phi) is 19.1. The lowest BCUT2D eigenvalue weighted by atomic mass is 10.0. The summed E-state index contributed by atoms with van der Waals surface area (Å²) in [6.07, 6.45) is 1.13. The maximum Gasteiger partial charge on any atom is 0.243 e. The molecule has 0 heterocycles. The number of amides is 7. The summed E-state index contributed by atoms with van der Waals surface area (Å²) in [7, 11) is 0. The van der Waals surface area contributed by atoms with Gasteiger partial charge in [0, 0.05) is 0 Å². The molecule has 0 saturated heterocycles. The minimum Gasteiger partial charge on any atom is -0.345 e. The zero-order valence-electron chi connectivity index (χ0n) is 30.8. The van der Waals surface area contributed by atoms with Gasteiger partial charge in [0.15, 0.2) is 0 Å². The first kappa shape index (κ1) is 44.2. The van der Waals surface area contributed by atoms with E-state index in [2.05, 4.69) is 37.2 Å². The van der Waals surface area contributed by atoms with Gasteiger partial charge in [0.2, 0.25) is 41.4 Å². The summed E-state index contributed by atoms with van der Waals surface area (Å²) in [6.45, 7) is 12.5. The van der Waals surface area contributed by atoms with Crippen molar-refractivity contribution in [2.24, 2.45) is 23.5 Å². The van der Waals surface area contributed by atoms with Crippen LogP contribution < -0.4 is 43.0 Å². The van der Waals surface area contributed by atoms with Gasteiger partial charge in [-0.3, -0.25) is 33.6 Å². The number of aldehydes is 1. The van der Waals surface area contributed by atoms with Crippen LogP contribution in [0.4, 0.5) is 0 Å². The van der Waals surface area contributed by atoms with Crippen LogP contribution in [0, 0.1) is 17.8 Å². The Morgan fingerprint density at radius 2 is 1.14 bits per heavy atom. The minimum absolute atomic E-state index is 0.0294. The van der Waals surface area contributed by atoms with E-state index < -0.39 is 90.7 Å². The molecule has 0 aliphatic heterocycles. The number of nitrogens with one attached hydrogen (secondary N) is 7. The standard InChI is InChI=1S/C35H56N8O8/c1-19(2)14-26(41-28(46)17-38-34(50)29(20(3)4)42-31(47)22(7)36)33(49)37-16-27(45)39-23(8)32(48)43-30(21(5)6)35(51)40-25(18-44)15-24-12-10-9-11-13-24/h9-13,18-23,25-26,29-30H,14-17,36H2,1-8H3,(H,37,49)(H,38,50)(H,39,45)(H,40,51)(H,41,46)(H,42,47)(H,43,48)/t22-,23-,25-,26-,29-,30-/m0/s1. The summed E-state index contributed by atoms with van der Waals surface area (Å²) in [6, 6.07) is 3.46. The molecular weight excluding hydrogens is 660 g/mol. The van der Waals surface area contributed by atoms with Gasteiger partial charge in [-0.2, -0.15) is 0 Å². The van der Waals surface area contributed by atoms with E-state index in [9.17, 15) is 38.4 Å². The van der Waals surface area contributed by atoms with E-state index in [1.165, 1.54) is 13.8 Å². The quantitative estimate of drug-likeness (QED) is 0.0712. The lowest BCUT2D eigenvalue weighted by Crippen LogP contribution is -2.57. The molecule has 51 heavy (non-hydrogen) atoms. The Hall–Kier alpha value is -4.86. The molecule has 0 radical (unpaired) electrons. The van der Waals surface area contributed by atoms with E-state index >= 15 is 0 Å². The molecule has 0 spiro atoms. The molecule has 7 amide bonds. The number of benzene rings is 1. The average Bonchev–Trinajstić information content (AvgIpc) is 3.06. The van der Waals surface area contributed by atoms with Crippen LogP contribution in [0.3, 0.4) is 0 Å². The van der Waals surface area contributed by atoms with Gasteiger partial charge in [-0.05, 0) is 50.0 Å². The molecule has 1 rings (SSSR count). The third kappa shape index (κ3) is 16.6. The first-order valence-corrected chi connectivity index (χ1v) is 17.2. The second-order valence-electron chi connectivity index (χ2n) is 13.7. The van der Waals surface area contributed by atoms with Crippen molar-refractivity contribution in [3.63, 3.8) is 0 Å². The van der Waals surface area contributed by atoms with Gasteiger partial charge in [-0.25, -0.2) is 0 Å². The van der Waals surface area contributed by atoms with Crippen molar-refractivity contribution in [2.75, 3.05) is 13.1 Å². The molecule has 16 nitrogen and oxygen atoms in total. The Labute approximate surface area is 299 Å². The molecule has 9 N–H and O–H groups in total. The lowest BCUT2D eigenvalue weighted by Gasteiger charge is -2.25. The molecule has 284 valence electrons. The van der Waals surface area contributed by atoms with Crippen LogP contribution in [0.1, 0.15) is 67.4 Å². The van der Waals surface area contributed by atoms with Gasteiger partial charge in [0.25, 0.3) is 0 Å². The van der Waals surface area contributed by atoms with Gasteiger partial charge >= 0.3 is 0 Å². The number of hydrogen-bond donors (Lipinski definition) is 8. The SMILES string of the molecule is CC(C)C[C@H](NC(=O)CNC(=O)[C@@H](NC(=O)[C@H](C)N)C(C)C)C(=O)NCC(=O)N[C@@H](C)C(=O)N[C@H](C(=O)N[C@H](C=O)Cc1ccccc1)C(C)C. The van der Waals surface area contributed by atoms with Gasteiger partial charge in [-0.15, -0.1) is 0 Å². The molecule has 0 saturated carbocycles. The highest BCUT2D eigenvalue weighted by molar-refractivity contribution is 5.95. The van der Waals surface area contributed by atoms with E-state index in [0.717, 1.165) is 5.56 Å². The summed E-state index contributed by atoms with van der Waals surface area (Å²) in [5.74, 6) is -5.01. The Balaban J connectivity index is 2.71. The molecule has 1 aromatic rings. The molecule has 1 aromatic carbocycles. The normalized spacial score (nSPS) is 14.6. The fraction of sp³-hybridized carbons (Fsp3) is 0.600. The monoisotopic (exact) mass is 716 g/mol. The van der Waals surface area contributed by atoms with Crippen molar-refractivity contribution in [1.29, 1.82) is 0 Å². The molecular formula is C35H56N8O8. The number of rotatable bonds is 21. The molecule has 6 atom stereocenters. The third-order valence-corrected chi connectivity index (χ3v) is 7.67. The highest BCUT2D eigenvalue weighted by atomic mass is 16.2. The highest BCUT2D eigenvalue weighted by Crippen LogP contribution is 2.07. The molecule has 0 aromatic heterocycles. The first-order valence-electron chi connectivity index (χ1n) is 17.2. The Bertz CT molecular complexity index is 1350. The number of carbonyl (C=O) groups excluding carboxylic acids is 8. The molecule has 0 bridgehead atoms. The van der Waals surface area contributed by atoms with E-state index in [1.54, 1.807) is 27.7 Å². The molecule has 16 heteroatoms. The second-order valence-corrected chi connectivity index (χ2v) is 13.7. The van der Waals surface area contributed by atoms with Crippen LogP contribution in [0.2, 0.25) is 0 Å². The largest absolute Gasteiger partial charge is 0.345 e. The summed E-state index contributed by atoms with van der Waals surface area (Å²) < 4.78 is 0. The molecule has 0 unspecified atom stereocenters. The lowest BCUT2D eigenvalue weighted by molar-refractivity contribution is -0.134. The van der Waals surface area contributed by atoms with Crippen LogP contribution in [0.25, 0.3) is 0 Å². The van der Waals surface area contributed by atoms with E-state index in [0.29, 0.717) is 6.29 Å². The first-order chi connectivity index (χ1) is 23.9. The van der Waals surface area contributed by atoms with Gasteiger partial charge in [0.1, 0.15) is 30.5 Å². The van der Waals surface area contributed by atoms with Crippen molar-refractivity contribution >= 4 is 47.6 Å². The second kappa shape index (κ2) is 22.1. The zero-order chi connectivity index (χ0) is 38.8. The summed E-state index contributed by atoms with van der Waals surface area (Å²) >= 11 is 0. The number of nitrogens with two attached hydrogens (primary N) is 1.